The number of hydrogen-bond donors (Lipinski definition) is 3. The van der Waals surface area contributed by atoms with E-state index >= 15 is 0 Å². The molecule has 2 atom stereocenters. The van der Waals surface area contributed by atoms with Gasteiger partial charge in [-0.2, -0.15) is 5.10 Å². The number of amides is 2. The molecule has 28 heavy (non-hydrogen) atoms. The number of nitrogens with zero attached hydrogens (tertiary/aromatic N) is 2. The maximum atomic E-state index is 12.9. The molecule has 2 amide bonds. The number of nitrogens with two attached hydrogens (primary N) is 2. The average molecular weight is 404 g/mol. The first-order valence-electron chi connectivity index (χ1n) is 9.54. The fourth-order valence-corrected chi connectivity index (χ4v) is 4.61. The van der Waals surface area contributed by atoms with Crippen LogP contribution in [0.4, 0.5) is 5.69 Å². The van der Waals surface area contributed by atoms with E-state index in [0.29, 0.717) is 23.2 Å². The van der Waals surface area contributed by atoms with Crippen LogP contribution in [-0.2, 0) is 4.79 Å². The molecule has 2 fully saturated rings. The van der Waals surface area contributed by atoms with Gasteiger partial charge in [-0.25, -0.2) is 4.68 Å². The Morgan fingerprint density at radius 3 is 2.43 bits per heavy atom. The minimum Gasteiger partial charge on any atom is -0.364 e. The third-order valence-corrected chi connectivity index (χ3v) is 6.03. The summed E-state index contributed by atoms with van der Waals surface area (Å²) in [6, 6.07) is 9.22. The summed E-state index contributed by atoms with van der Waals surface area (Å²) in [4.78, 5) is 24.2. The zero-order valence-electron chi connectivity index (χ0n) is 15.6. The fourth-order valence-electron chi connectivity index (χ4n) is 4.61. The summed E-state index contributed by atoms with van der Waals surface area (Å²) in [6.45, 7) is 0. The number of carbonyl (C=O) groups excluding carboxylic acids is 2. The number of hydrogen-bond acceptors (Lipinski definition) is 4. The standard InChI is InChI=1S/C20H25N5O2.ClH/c21-18-12-4-3-5-13(18)11-14(10-12)20(27)23-15-6-1-2-7-17(15)25-9-8-16(24-25)19(22)26;/h1-2,6-9,12-14,18H,3-5,10-11,21H2,(H2,22,26)(H,23,27);1H. The normalized spacial score (nSPS) is 26.2. The number of fused-ring (bicyclic) bond motifs is 2. The third kappa shape index (κ3) is 3.91. The number of aromatic nitrogens is 2. The van der Waals surface area contributed by atoms with E-state index in [-0.39, 0.29) is 36.0 Å². The monoisotopic (exact) mass is 403 g/mol. The lowest BCUT2D eigenvalue weighted by Crippen LogP contribution is -2.48. The average Bonchev–Trinajstić information content (AvgIpc) is 3.12. The molecule has 0 radical (unpaired) electrons. The van der Waals surface area contributed by atoms with Crippen LogP contribution < -0.4 is 16.8 Å². The molecule has 2 aromatic rings. The van der Waals surface area contributed by atoms with Crippen molar-refractivity contribution in [3.05, 3.63) is 42.2 Å². The SMILES string of the molecule is Cl.NC(=O)c1ccn(-c2ccccc2NC(=O)C2CC3CCCC(C2)C3N)n1. The van der Waals surface area contributed by atoms with Crippen LogP contribution in [0, 0.1) is 17.8 Å². The highest BCUT2D eigenvalue weighted by Crippen LogP contribution is 2.42. The van der Waals surface area contributed by atoms with Crippen LogP contribution in [0.25, 0.3) is 5.69 Å². The summed E-state index contributed by atoms with van der Waals surface area (Å²) in [5.41, 5.74) is 13.2. The number of para-hydroxylation sites is 2. The molecule has 0 saturated heterocycles. The Kier molecular flexibility index (Phi) is 6.05. The quantitative estimate of drug-likeness (QED) is 0.727. The van der Waals surface area contributed by atoms with Crippen molar-refractivity contribution in [1.29, 1.82) is 0 Å². The minimum absolute atomic E-state index is 0. The van der Waals surface area contributed by atoms with E-state index in [1.165, 1.54) is 6.42 Å². The van der Waals surface area contributed by atoms with E-state index in [0.717, 1.165) is 25.7 Å². The van der Waals surface area contributed by atoms with E-state index in [2.05, 4.69) is 10.4 Å². The van der Waals surface area contributed by atoms with Gasteiger partial charge < -0.3 is 16.8 Å². The number of benzene rings is 1. The summed E-state index contributed by atoms with van der Waals surface area (Å²) < 4.78 is 1.56. The molecule has 0 aliphatic heterocycles. The van der Waals surface area contributed by atoms with Crippen molar-refractivity contribution in [3.63, 3.8) is 0 Å². The summed E-state index contributed by atoms with van der Waals surface area (Å²) in [7, 11) is 0. The number of nitrogens with one attached hydrogen (secondary N) is 1. The van der Waals surface area contributed by atoms with Gasteiger partial charge >= 0.3 is 0 Å². The van der Waals surface area contributed by atoms with E-state index < -0.39 is 5.91 Å². The van der Waals surface area contributed by atoms with Gasteiger partial charge in [-0.3, -0.25) is 9.59 Å². The van der Waals surface area contributed by atoms with Crippen LogP contribution >= 0.6 is 12.4 Å². The fraction of sp³-hybridized carbons (Fsp3) is 0.450. The number of halogens is 1. The Bertz CT molecular complexity index is 854. The Hall–Kier alpha value is -2.38. The van der Waals surface area contributed by atoms with Gasteiger partial charge in [-0.1, -0.05) is 18.6 Å². The van der Waals surface area contributed by atoms with Gasteiger partial charge in [0.05, 0.1) is 11.4 Å². The summed E-state index contributed by atoms with van der Waals surface area (Å²) in [5, 5.41) is 7.26. The molecule has 7 nitrogen and oxygen atoms in total. The zero-order valence-corrected chi connectivity index (χ0v) is 16.4. The summed E-state index contributed by atoms with van der Waals surface area (Å²) in [5.74, 6) is 0.348. The Labute approximate surface area is 170 Å². The Balaban J connectivity index is 0.00000225. The van der Waals surface area contributed by atoms with Crippen LogP contribution in [0.5, 0.6) is 0 Å². The van der Waals surface area contributed by atoms with E-state index in [1.54, 1.807) is 16.9 Å². The van der Waals surface area contributed by atoms with E-state index in [9.17, 15) is 9.59 Å². The molecule has 1 aromatic heterocycles. The lowest BCUT2D eigenvalue weighted by Gasteiger charge is -2.43. The highest BCUT2D eigenvalue weighted by atomic mass is 35.5. The van der Waals surface area contributed by atoms with Gasteiger partial charge in [0, 0.05) is 18.2 Å². The van der Waals surface area contributed by atoms with Crippen molar-refractivity contribution >= 4 is 29.9 Å². The van der Waals surface area contributed by atoms with Gasteiger partial charge in [0.1, 0.15) is 5.69 Å². The molecular weight excluding hydrogens is 378 g/mol. The summed E-state index contributed by atoms with van der Waals surface area (Å²) in [6.07, 6.45) is 6.86. The van der Waals surface area contributed by atoms with E-state index in [4.69, 9.17) is 11.5 Å². The molecule has 2 bridgehead atoms. The molecule has 0 spiro atoms. The predicted molar refractivity (Wildman–Crippen MR) is 109 cm³/mol. The first-order chi connectivity index (χ1) is 13.0. The van der Waals surface area contributed by atoms with Gasteiger partial charge in [0.25, 0.3) is 5.91 Å². The van der Waals surface area contributed by atoms with Crippen molar-refractivity contribution in [2.75, 3.05) is 5.32 Å². The lowest BCUT2D eigenvalue weighted by atomic mass is 9.65. The second-order valence-corrected chi connectivity index (χ2v) is 7.71. The molecule has 2 saturated carbocycles. The lowest BCUT2D eigenvalue weighted by molar-refractivity contribution is -0.122. The number of carbonyl (C=O) groups is 2. The third-order valence-electron chi connectivity index (χ3n) is 6.03. The van der Waals surface area contributed by atoms with Crippen LogP contribution in [0.3, 0.4) is 0 Å². The zero-order chi connectivity index (χ0) is 19.0. The van der Waals surface area contributed by atoms with Gasteiger partial charge in [-0.05, 0) is 55.7 Å². The molecular formula is C20H26ClN5O2. The van der Waals surface area contributed by atoms with Crippen molar-refractivity contribution in [2.24, 2.45) is 29.2 Å². The highest BCUT2D eigenvalue weighted by Gasteiger charge is 2.40. The molecule has 8 heteroatoms. The molecule has 1 aromatic carbocycles. The maximum absolute atomic E-state index is 12.9. The highest BCUT2D eigenvalue weighted by molar-refractivity contribution is 5.94. The second kappa shape index (κ2) is 8.32. The van der Waals surface area contributed by atoms with Crippen LogP contribution in [0.1, 0.15) is 42.6 Å². The Morgan fingerprint density at radius 2 is 1.79 bits per heavy atom. The molecule has 2 unspecified atom stereocenters. The summed E-state index contributed by atoms with van der Waals surface area (Å²) >= 11 is 0. The van der Waals surface area contributed by atoms with Crippen molar-refractivity contribution in [1.82, 2.24) is 9.78 Å². The molecule has 4 rings (SSSR count). The molecule has 2 aliphatic rings. The van der Waals surface area contributed by atoms with Crippen LogP contribution in [-0.4, -0.2) is 27.6 Å². The van der Waals surface area contributed by atoms with Crippen LogP contribution in [0.2, 0.25) is 0 Å². The van der Waals surface area contributed by atoms with E-state index in [1.807, 2.05) is 24.3 Å². The number of anilines is 1. The second-order valence-electron chi connectivity index (χ2n) is 7.71. The first-order valence-corrected chi connectivity index (χ1v) is 9.54. The van der Waals surface area contributed by atoms with Gasteiger partial charge in [0.15, 0.2) is 0 Å². The molecule has 2 aliphatic carbocycles. The van der Waals surface area contributed by atoms with Crippen LogP contribution in [0.15, 0.2) is 36.5 Å². The first kappa shape index (κ1) is 20.4. The minimum atomic E-state index is -0.583. The maximum Gasteiger partial charge on any atom is 0.269 e. The largest absolute Gasteiger partial charge is 0.364 e. The van der Waals surface area contributed by atoms with Gasteiger partial charge in [0.2, 0.25) is 5.91 Å². The van der Waals surface area contributed by atoms with Crippen molar-refractivity contribution in [3.8, 4) is 5.69 Å². The molecule has 150 valence electrons. The number of rotatable bonds is 4. The van der Waals surface area contributed by atoms with Crippen molar-refractivity contribution in [2.45, 2.75) is 38.1 Å². The predicted octanol–water partition coefficient (Wildman–Crippen LogP) is 2.49. The topological polar surface area (TPSA) is 116 Å². The number of primary amides is 1. The smallest absolute Gasteiger partial charge is 0.269 e. The van der Waals surface area contributed by atoms with Gasteiger partial charge in [-0.15, -0.1) is 12.4 Å². The molecule has 5 N–H and O–H groups in total. The molecule has 1 heterocycles. The Morgan fingerprint density at radius 1 is 1.11 bits per heavy atom. The van der Waals surface area contributed by atoms with Crippen molar-refractivity contribution < 1.29 is 9.59 Å².